The highest BCUT2D eigenvalue weighted by Crippen LogP contribution is 2.31. The molecule has 1 saturated carbocycles. The van der Waals surface area contributed by atoms with Crippen LogP contribution in [0.4, 0.5) is 0 Å². The maximum absolute atomic E-state index is 3.82. The Labute approximate surface area is 120 Å². The molecule has 2 atom stereocenters. The molecule has 1 aliphatic carbocycles. The summed E-state index contributed by atoms with van der Waals surface area (Å²) in [5, 5.41) is 3.82. The normalized spacial score (nSPS) is 29.1. The Morgan fingerprint density at radius 1 is 1.16 bits per heavy atom. The van der Waals surface area contributed by atoms with E-state index in [2.05, 4.69) is 31.0 Å². The number of piperidine rings is 1. The summed E-state index contributed by atoms with van der Waals surface area (Å²) in [7, 11) is 0. The van der Waals surface area contributed by atoms with Crippen molar-refractivity contribution in [2.75, 3.05) is 26.2 Å². The van der Waals surface area contributed by atoms with Gasteiger partial charge in [-0.05, 0) is 56.4 Å². The highest BCUT2D eigenvalue weighted by Gasteiger charge is 2.30. The number of hydrogen-bond donors (Lipinski definition) is 1. The molecule has 1 aliphatic heterocycles. The lowest BCUT2D eigenvalue weighted by atomic mass is 9.90. The van der Waals surface area contributed by atoms with Gasteiger partial charge in [0, 0.05) is 25.7 Å². The molecule has 2 unspecified atom stereocenters. The van der Waals surface area contributed by atoms with Gasteiger partial charge in [-0.1, -0.05) is 27.2 Å². The van der Waals surface area contributed by atoms with Gasteiger partial charge in [-0.15, -0.1) is 0 Å². The van der Waals surface area contributed by atoms with Crippen LogP contribution >= 0.6 is 0 Å². The van der Waals surface area contributed by atoms with Crippen LogP contribution in [0.5, 0.6) is 0 Å². The lowest BCUT2D eigenvalue weighted by Crippen LogP contribution is -2.50. The molecule has 2 rings (SSSR count). The third-order valence-electron chi connectivity index (χ3n) is 4.68. The number of hydrogen-bond acceptors (Lipinski definition) is 2. The summed E-state index contributed by atoms with van der Waals surface area (Å²) >= 11 is 0. The Bertz CT molecular complexity index is 248. The fraction of sp³-hybridized carbons (Fsp3) is 1.00. The van der Waals surface area contributed by atoms with Crippen molar-refractivity contribution >= 4 is 0 Å². The van der Waals surface area contributed by atoms with Crippen LogP contribution in [0.15, 0.2) is 0 Å². The van der Waals surface area contributed by atoms with Crippen LogP contribution in [-0.4, -0.2) is 37.1 Å². The summed E-state index contributed by atoms with van der Waals surface area (Å²) in [6.45, 7) is 12.2. The first-order chi connectivity index (χ1) is 9.17. The molecular weight excluding hydrogens is 232 g/mol. The zero-order valence-electron chi connectivity index (χ0n) is 13.3. The molecule has 1 heterocycles. The topological polar surface area (TPSA) is 15.3 Å². The second kappa shape index (κ2) is 7.64. The van der Waals surface area contributed by atoms with E-state index in [0.29, 0.717) is 0 Å². The largest absolute Gasteiger partial charge is 0.313 e. The molecule has 2 aliphatic rings. The molecule has 2 nitrogen and oxygen atoms in total. The quantitative estimate of drug-likeness (QED) is 0.723. The van der Waals surface area contributed by atoms with E-state index in [1.165, 1.54) is 64.7 Å². The first kappa shape index (κ1) is 15.3. The minimum Gasteiger partial charge on any atom is -0.313 e. The van der Waals surface area contributed by atoms with Gasteiger partial charge in [0.05, 0.1) is 0 Å². The molecule has 2 fully saturated rings. The average Bonchev–Trinajstić information content (AvgIpc) is 3.12. The molecule has 0 radical (unpaired) electrons. The van der Waals surface area contributed by atoms with E-state index in [1.807, 2.05) is 0 Å². The fourth-order valence-electron chi connectivity index (χ4n) is 3.46. The Hall–Kier alpha value is -0.0800. The minimum absolute atomic E-state index is 0.753. The Morgan fingerprint density at radius 3 is 2.58 bits per heavy atom. The van der Waals surface area contributed by atoms with Gasteiger partial charge in [-0.25, -0.2) is 0 Å². The molecule has 1 saturated heterocycles. The van der Waals surface area contributed by atoms with Gasteiger partial charge in [0.2, 0.25) is 0 Å². The summed E-state index contributed by atoms with van der Waals surface area (Å²) < 4.78 is 0. The van der Waals surface area contributed by atoms with Gasteiger partial charge in [-0.2, -0.15) is 0 Å². The van der Waals surface area contributed by atoms with E-state index in [1.54, 1.807) is 0 Å². The second-order valence-electron chi connectivity index (χ2n) is 7.39. The van der Waals surface area contributed by atoms with Crippen molar-refractivity contribution in [2.45, 2.75) is 65.3 Å². The van der Waals surface area contributed by atoms with Crippen LogP contribution in [0.2, 0.25) is 0 Å². The zero-order valence-corrected chi connectivity index (χ0v) is 13.3. The van der Waals surface area contributed by atoms with Crippen molar-refractivity contribution in [1.82, 2.24) is 10.2 Å². The van der Waals surface area contributed by atoms with E-state index < -0.39 is 0 Å². The second-order valence-corrected chi connectivity index (χ2v) is 7.39. The van der Waals surface area contributed by atoms with E-state index in [0.717, 1.165) is 23.8 Å². The van der Waals surface area contributed by atoms with E-state index in [4.69, 9.17) is 0 Å². The molecule has 2 heteroatoms. The Kier molecular flexibility index (Phi) is 6.15. The van der Waals surface area contributed by atoms with Crippen molar-refractivity contribution in [2.24, 2.45) is 17.8 Å². The van der Waals surface area contributed by atoms with Crippen LogP contribution in [0.3, 0.4) is 0 Å². The number of rotatable bonds is 8. The first-order valence-corrected chi connectivity index (χ1v) is 8.63. The van der Waals surface area contributed by atoms with Crippen molar-refractivity contribution in [1.29, 1.82) is 0 Å². The zero-order chi connectivity index (χ0) is 13.7. The SMILES string of the molecule is CCCC1CC(NCCC(C)C)CN(CC2CC2)C1. The number of likely N-dealkylation sites (tertiary alicyclic amines) is 1. The summed E-state index contributed by atoms with van der Waals surface area (Å²) in [5.74, 6) is 2.80. The van der Waals surface area contributed by atoms with Crippen LogP contribution < -0.4 is 5.32 Å². The van der Waals surface area contributed by atoms with Crippen LogP contribution in [0.1, 0.15) is 59.3 Å². The molecule has 19 heavy (non-hydrogen) atoms. The predicted molar refractivity (Wildman–Crippen MR) is 83.4 cm³/mol. The van der Waals surface area contributed by atoms with Crippen LogP contribution in [0.25, 0.3) is 0 Å². The molecule has 1 N–H and O–H groups in total. The summed E-state index contributed by atoms with van der Waals surface area (Å²) in [6, 6.07) is 0.753. The standard InChI is InChI=1S/C17H34N2/c1-4-5-16-10-17(18-9-8-14(2)3)13-19(12-16)11-15-6-7-15/h14-18H,4-13H2,1-3H3. The third-order valence-corrected chi connectivity index (χ3v) is 4.68. The van der Waals surface area contributed by atoms with Crippen molar-refractivity contribution < 1.29 is 0 Å². The van der Waals surface area contributed by atoms with Gasteiger partial charge in [0.1, 0.15) is 0 Å². The number of nitrogens with one attached hydrogen (secondary N) is 1. The molecule has 0 amide bonds. The molecule has 0 bridgehead atoms. The van der Waals surface area contributed by atoms with Gasteiger partial charge in [-0.3, -0.25) is 0 Å². The monoisotopic (exact) mass is 266 g/mol. The Balaban J connectivity index is 1.75. The molecule has 112 valence electrons. The molecule has 0 aromatic carbocycles. The molecule has 0 aromatic heterocycles. The highest BCUT2D eigenvalue weighted by molar-refractivity contribution is 4.86. The first-order valence-electron chi connectivity index (χ1n) is 8.63. The number of nitrogens with zero attached hydrogens (tertiary/aromatic N) is 1. The van der Waals surface area contributed by atoms with Crippen molar-refractivity contribution in [3.05, 3.63) is 0 Å². The third kappa shape index (κ3) is 5.83. The fourth-order valence-corrected chi connectivity index (χ4v) is 3.46. The maximum atomic E-state index is 3.82. The summed E-state index contributed by atoms with van der Waals surface area (Å²) in [4.78, 5) is 2.76. The van der Waals surface area contributed by atoms with Gasteiger partial charge >= 0.3 is 0 Å². The van der Waals surface area contributed by atoms with E-state index in [-0.39, 0.29) is 0 Å². The molecule has 0 aromatic rings. The smallest absolute Gasteiger partial charge is 0.0198 e. The van der Waals surface area contributed by atoms with Gasteiger partial charge < -0.3 is 10.2 Å². The average molecular weight is 266 g/mol. The molecule has 0 spiro atoms. The maximum Gasteiger partial charge on any atom is 0.0198 e. The van der Waals surface area contributed by atoms with Gasteiger partial charge in [0.15, 0.2) is 0 Å². The molecular formula is C17H34N2. The van der Waals surface area contributed by atoms with Crippen LogP contribution in [0, 0.1) is 17.8 Å². The lowest BCUT2D eigenvalue weighted by Gasteiger charge is -2.38. The highest BCUT2D eigenvalue weighted by atomic mass is 15.2. The van der Waals surface area contributed by atoms with E-state index in [9.17, 15) is 0 Å². The van der Waals surface area contributed by atoms with E-state index >= 15 is 0 Å². The Morgan fingerprint density at radius 2 is 1.95 bits per heavy atom. The van der Waals surface area contributed by atoms with Gasteiger partial charge in [0.25, 0.3) is 0 Å². The summed E-state index contributed by atoms with van der Waals surface area (Å²) in [6.07, 6.45) is 8.47. The minimum atomic E-state index is 0.753. The lowest BCUT2D eigenvalue weighted by molar-refractivity contribution is 0.130. The van der Waals surface area contributed by atoms with Crippen LogP contribution in [-0.2, 0) is 0 Å². The summed E-state index contributed by atoms with van der Waals surface area (Å²) in [5.41, 5.74) is 0. The van der Waals surface area contributed by atoms with Crippen molar-refractivity contribution in [3.63, 3.8) is 0 Å². The van der Waals surface area contributed by atoms with Crippen molar-refractivity contribution in [3.8, 4) is 0 Å². The predicted octanol–water partition coefficient (Wildman–Crippen LogP) is 3.52.